The topological polar surface area (TPSA) is 70.2 Å². The number of dihydropyridines is 1. The Labute approximate surface area is 207 Å². The van der Waals surface area contributed by atoms with Crippen molar-refractivity contribution < 1.29 is 9.59 Å². The molecule has 5 nitrogen and oxygen atoms in total. The van der Waals surface area contributed by atoms with Gasteiger partial charge in [-0.1, -0.05) is 74.5 Å². The number of allylic oxidation sites excluding steroid dienone is 2. The largest absolute Gasteiger partial charge is 0.362 e. The molecule has 0 saturated heterocycles. The molecule has 35 heavy (non-hydrogen) atoms. The molecule has 0 fully saturated rings. The van der Waals surface area contributed by atoms with Gasteiger partial charge in [0.1, 0.15) is 0 Å². The first kappa shape index (κ1) is 24.0. The lowest BCUT2D eigenvalue weighted by atomic mass is 9.79. The van der Waals surface area contributed by atoms with E-state index in [9.17, 15) is 9.59 Å². The predicted molar refractivity (Wildman–Crippen MR) is 142 cm³/mol. The van der Waals surface area contributed by atoms with Gasteiger partial charge in [0.15, 0.2) is 0 Å². The van der Waals surface area contributed by atoms with Crippen LogP contribution in [0.15, 0.2) is 107 Å². The minimum Gasteiger partial charge on any atom is -0.362 e. The van der Waals surface area contributed by atoms with Crippen LogP contribution in [0.5, 0.6) is 0 Å². The van der Waals surface area contributed by atoms with E-state index in [1.54, 1.807) is 0 Å². The molecular formula is C30H31N3O2. The summed E-state index contributed by atoms with van der Waals surface area (Å²) in [6.07, 6.45) is 0. The maximum atomic E-state index is 13.6. The molecule has 1 aliphatic heterocycles. The van der Waals surface area contributed by atoms with Crippen molar-refractivity contribution in [3.63, 3.8) is 0 Å². The molecule has 5 heteroatoms. The zero-order chi connectivity index (χ0) is 24.9. The number of amides is 2. The highest BCUT2D eigenvalue weighted by Crippen LogP contribution is 2.39. The quantitative estimate of drug-likeness (QED) is 0.399. The van der Waals surface area contributed by atoms with Gasteiger partial charge < -0.3 is 16.0 Å². The highest BCUT2D eigenvalue weighted by molar-refractivity contribution is 6.11. The van der Waals surface area contributed by atoms with Gasteiger partial charge in [-0.2, -0.15) is 0 Å². The average Bonchev–Trinajstić information content (AvgIpc) is 2.84. The van der Waals surface area contributed by atoms with Gasteiger partial charge in [0.2, 0.25) is 0 Å². The minimum atomic E-state index is -0.523. The summed E-state index contributed by atoms with van der Waals surface area (Å²) in [5.41, 5.74) is 6.00. The molecule has 0 spiro atoms. The molecule has 4 rings (SSSR count). The molecule has 0 radical (unpaired) electrons. The summed E-state index contributed by atoms with van der Waals surface area (Å²) in [7, 11) is 0. The third-order valence-corrected chi connectivity index (χ3v) is 6.25. The summed E-state index contributed by atoms with van der Waals surface area (Å²) in [6.45, 7) is 8.05. The molecule has 3 N–H and O–H groups in total. The lowest BCUT2D eigenvalue weighted by molar-refractivity contribution is -0.113. The van der Waals surface area contributed by atoms with Crippen molar-refractivity contribution >= 4 is 23.2 Å². The Morgan fingerprint density at radius 2 is 1.11 bits per heavy atom. The fraction of sp³-hybridized carbons (Fsp3) is 0.200. The summed E-state index contributed by atoms with van der Waals surface area (Å²) in [5, 5.41) is 9.29. The number of benzene rings is 3. The first-order valence-electron chi connectivity index (χ1n) is 11.9. The smallest absolute Gasteiger partial charge is 0.254 e. The second kappa shape index (κ2) is 10.4. The Balaban J connectivity index is 1.77. The fourth-order valence-corrected chi connectivity index (χ4v) is 4.44. The average molecular weight is 466 g/mol. The van der Waals surface area contributed by atoms with Crippen molar-refractivity contribution in [3.8, 4) is 0 Å². The normalized spacial score (nSPS) is 14.1. The molecule has 178 valence electrons. The molecule has 0 saturated carbocycles. The first-order valence-corrected chi connectivity index (χ1v) is 11.9. The van der Waals surface area contributed by atoms with Gasteiger partial charge in [-0.05, 0) is 55.2 Å². The zero-order valence-corrected chi connectivity index (χ0v) is 20.6. The van der Waals surface area contributed by atoms with E-state index >= 15 is 0 Å². The lowest BCUT2D eigenvalue weighted by Gasteiger charge is -2.31. The van der Waals surface area contributed by atoms with Gasteiger partial charge in [-0.25, -0.2) is 0 Å². The Morgan fingerprint density at radius 3 is 1.51 bits per heavy atom. The van der Waals surface area contributed by atoms with E-state index in [1.807, 2.05) is 86.6 Å². The van der Waals surface area contributed by atoms with Crippen LogP contribution in [-0.2, 0) is 9.59 Å². The summed E-state index contributed by atoms with van der Waals surface area (Å²) >= 11 is 0. The summed E-state index contributed by atoms with van der Waals surface area (Å²) in [4.78, 5) is 27.2. The lowest BCUT2D eigenvalue weighted by Crippen LogP contribution is -2.35. The Morgan fingerprint density at radius 1 is 0.686 bits per heavy atom. The van der Waals surface area contributed by atoms with Crippen LogP contribution in [0, 0.1) is 0 Å². The first-order chi connectivity index (χ1) is 16.8. The molecular weight excluding hydrogens is 434 g/mol. The maximum Gasteiger partial charge on any atom is 0.254 e. The van der Waals surface area contributed by atoms with Gasteiger partial charge in [0.05, 0.1) is 0 Å². The third kappa shape index (κ3) is 5.35. The Kier molecular flexibility index (Phi) is 7.16. The van der Waals surface area contributed by atoms with Gasteiger partial charge >= 0.3 is 0 Å². The van der Waals surface area contributed by atoms with Gasteiger partial charge in [-0.3, -0.25) is 9.59 Å². The van der Waals surface area contributed by atoms with E-state index < -0.39 is 5.92 Å². The number of hydrogen-bond acceptors (Lipinski definition) is 3. The summed E-state index contributed by atoms with van der Waals surface area (Å²) in [6, 6.07) is 26.9. The summed E-state index contributed by atoms with van der Waals surface area (Å²) in [5.74, 6) is -0.619. The van der Waals surface area contributed by atoms with Crippen molar-refractivity contribution in [2.45, 2.75) is 39.5 Å². The van der Waals surface area contributed by atoms with E-state index in [0.717, 1.165) is 17.0 Å². The van der Waals surface area contributed by atoms with E-state index in [1.165, 1.54) is 5.56 Å². The van der Waals surface area contributed by atoms with E-state index in [0.29, 0.717) is 28.4 Å². The monoisotopic (exact) mass is 465 g/mol. The van der Waals surface area contributed by atoms with Crippen LogP contribution < -0.4 is 16.0 Å². The van der Waals surface area contributed by atoms with Crippen LogP contribution >= 0.6 is 0 Å². The van der Waals surface area contributed by atoms with Crippen LogP contribution in [0.3, 0.4) is 0 Å². The summed E-state index contributed by atoms with van der Waals surface area (Å²) < 4.78 is 0. The van der Waals surface area contributed by atoms with E-state index in [-0.39, 0.29) is 11.8 Å². The number of carbonyl (C=O) groups is 2. The van der Waals surface area contributed by atoms with Crippen molar-refractivity contribution in [2.75, 3.05) is 10.6 Å². The molecule has 0 bridgehead atoms. The molecule has 3 aromatic carbocycles. The van der Waals surface area contributed by atoms with Gasteiger partial charge in [-0.15, -0.1) is 0 Å². The number of rotatable bonds is 6. The molecule has 0 atom stereocenters. The van der Waals surface area contributed by atoms with E-state index in [2.05, 4.69) is 41.9 Å². The van der Waals surface area contributed by atoms with Crippen LogP contribution in [-0.4, -0.2) is 11.8 Å². The second-order valence-corrected chi connectivity index (χ2v) is 9.10. The molecule has 1 aliphatic rings. The fourth-order valence-electron chi connectivity index (χ4n) is 4.44. The second-order valence-electron chi connectivity index (χ2n) is 9.10. The molecule has 1 heterocycles. The van der Waals surface area contributed by atoms with Crippen molar-refractivity contribution in [2.24, 2.45) is 0 Å². The highest BCUT2D eigenvalue weighted by Gasteiger charge is 2.36. The molecule has 0 aliphatic carbocycles. The molecule has 2 amide bonds. The maximum absolute atomic E-state index is 13.6. The van der Waals surface area contributed by atoms with Gasteiger partial charge in [0, 0.05) is 39.8 Å². The molecule has 0 unspecified atom stereocenters. The van der Waals surface area contributed by atoms with Crippen molar-refractivity contribution in [1.29, 1.82) is 0 Å². The predicted octanol–water partition coefficient (Wildman–Crippen LogP) is 6.32. The molecule has 0 aromatic heterocycles. The van der Waals surface area contributed by atoms with Crippen molar-refractivity contribution in [3.05, 3.63) is 119 Å². The molecule has 3 aromatic rings. The standard InChI is InChI=1S/C30H31N3O2/c1-19(2)22-15-17-23(18-16-22)28-26(29(34)32-24-11-7-5-8-12-24)20(3)31-21(4)27(28)30(35)33-25-13-9-6-10-14-25/h5-19,28,31H,1-4H3,(H,32,34)(H,33,35). The van der Waals surface area contributed by atoms with Crippen LogP contribution in [0.1, 0.15) is 50.7 Å². The number of hydrogen-bond donors (Lipinski definition) is 3. The van der Waals surface area contributed by atoms with Crippen molar-refractivity contribution in [1.82, 2.24) is 5.32 Å². The zero-order valence-electron chi connectivity index (χ0n) is 20.6. The number of carbonyl (C=O) groups excluding carboxylic acids is 2. The third-order valence-electron chi connectivity index (χ3n) is 6.25. The minimum absolute atomic E-state index is 0.239. The Bertz CT molecular complexity index is 1200. The number of anilines is 2. The highest BCUT2D eigenvalue weighted by atomic mass is 16.2. The Hall–Kier alpha value is -4.12. The SMILES string of the molecule is CC1=C(C(=O)Nc2ccccc2)C(c2ccc(C(C)C)cc2)C(C(=O)Nc2ccccc2)=C(C)N1. The van der Waals surface area contributed by atoms with Crippen LogP contribution in [0.2, 0.25) is 0 Å². The number of para-hydroxylation sites is 2. The van der Waals surface area contributed by atoms with Crippen LogP contribution in [0.4, 0.5) is 11.4 Å². The van der Waals surface area contributed by atoms with Gasteiger partial charge in [0.25, 0.3) is 11.8 Å². The van der Waals surface area contributed by atoms with Crippen LogP contribution in [0.25, 0.3) is 0 Å². The number of nitrogens with one attached hydrogen (secondary N) is 3. The van der Waals surface area contributed by atoms with E-state index in [4.69, 9.17) is 0 Å².